The Morgan fingerprint density at radius 3 is 1.00 bits per heavy atom. The second-order valence-corrected chi connectivity index (χ2v) is 5.76. The minimum atomic E-state index is -1.82. The van der Waals surface area contributed by atoms with Crippen molar-refractivity contribution in [1.29, 1.82) is 0 Å². The molecule has 0 radical (unpaired) electrons. The van der Waals surface area contributed by atoms with Crippen molar-refractivity contribution in [2.75, 3.05) is 28.4 Å². The lowest BCUT2D eigenvalue weighted by atomic mass is 10.2. The summed E-state index contributed by atoms with van der Waals surface area (Å²) in [5.74, 6) is -2.64. The van der Waals surface area contributed by atoms with Gasteiger partial charge in [0.2, 0.25) is 0 Å². The predicted molar refractivity (Wildman–Crippen MR) is 97.1 cm³/mol. The van der Waals surface area contributed by atoms with Gasteiger partial charge in [-0.05, 0) is 38.1 Å². The van der Waals surface area contributed by atoms with Gasteiger partial charge in [-0.3, -0.25) is 0 Å². The Kier molecular flexibility index (Phi) is 6.61. The van der Waals surface area contributed by atoms with Crippen LogP contribution in [0.3, 0.4) is 0 Å². The number of rotatable bonds is 9. The van der Waals surface area contributed by atoms with Crippen LogP contribution in [0.25, 0.3) is 0 Å². The summed E-state index contributed by atoms with van der Waals surface area (Å²) in [5, 5.41) is 0. The van der Waals surface area contributed by atoms with Crippen LogP contribution in [0.1, 0.15) is 11.1 Å². The summed E-state index contributed by atoms with van der Waals surface area (Å²) in [6, 6.07) is 14.8. The average molecular weight is 362 g/mol. The molecule has 0 aliphatic carbocycles. The molecule has 0 spiro atoms. The summed E-state index contributed by atoms with van der Waals surface area (Å²) >= 11 is 0. The van der Waals surface area contributed by atoms with Crippen LogP contribution in [0.15, 0.2) is 48.5 Å². The van der Waals surface area contributed by atoms with Crippen LogP contribution in [0, 0.1) is 13.8 Å². The molecule has 0 saturated heterocycles. The standard InChI is InChI=1S/C20H26O6/c1-15-7-11-17(12-8-15)25-19(21-3,22-4)20(23-5,24-6)26-18-13-9-16(2)10-14-18/h7-14H,1-6H3. The molecule has 0 aliphatic heterocycles. The molecule has 0 aliphatic rings. The summed E-state index contributed by atoms with van der Waals surface area (Å²) in [6.07, 6.45) is 0. The van der Waals surface area contributed by atoms with E-state index in [1.807, 2.05) is 38.1 Å². The number of hydrogen-bond acceptors (Lipinski definition) is 6. The molecule has 142 valence electrons. The first-order chi connectivity index (χ1) is 12.4. The molecule has 0 aromatic heterocycles. The van der Waals surface area contributed by atoms with Crippen LogP contribution in [-0.2, 0) is 18.9 Å². The quantitative estimate of drug-likeness (QED) is 0.635. The van der Waals surface area contributed by atoms with E-state index in [2.05, 4.69) is 0 Å². The van der Waals surface area contributed by atoms with Crippen molar-refractivity contribution >= 4 is 0 Å². The van der Waals surface area contributed by atoms with E-state index in [1.165, 1.54) is 28.4 Å². The van der Waals surface area contributed by atoms with Gasteiger partial charge >= 0.3 is 11.9 Å². The van der Waals surface area contributed by atoms with Gasteiger partial charge in [-0.15, -0.1) is 0 Å². The van der Waals surface area contributed by atoms with Crippen LogP contribution in [0.4, 0.5) is 0 Å². The van der Waals surface area contributed by atoms with E-state index in [-0.39, 0.29) is 0 Å². The lowest BCUT2D eigenvalue weighted by molar-refractivity contribution is -0.510. The SMILES string of the molecule is COC(OC)(Oc1ccc(C)cc1)C(OC)(OC)Oc1ccc(C)cc1. The largest absolute Gasteiger partial charge is 0.432 e. The number of methoxy groups -OCH3 is 4. The highest BCUT2D eigenvalue weighted by Crippen LogP contribution is 2.36. The summed E-state index contributed by atoms with van der Waals surface area (Å²) in [6.45, 7) is 3.97. The third-order valence-electron chi connectivity index (χ3n) is 4.00. The van der Waals surface area contributed by atoms with Crippen molar-refractivity contribution < 1.29 is 28.4 Å². The monoisotopic (exact) mass is 362 g/mol. The van der Waals surface area contributed by atoms with E-state index in [0.29, 0.717) is 11.5 Å². The molecule has 2 rings (SSSR count). The lowest BCUT2D eigenvalue weighted by Gasteiger charge is -2.42. The predicted octanol–water partition coefficient (Wildman–Crippen LogP) is 3.65. The topological polar surface area (TPSA) is 55.4 Å². The fourth-order valence-corrected chi connectivity index (χ4v) is 2.48. The molecule has 0 unspecified atom stereocenters. The van der Waals surface area contributed by atoms with E-state index in [9.17, 15) is 0 Å². The normalized spacial score (nSPS) is 12.1. The number of benzene rings is 2. The van der Waals surface area contributed by atoms with Gasteiger partial charge in [0.25, 0.3) is 0 Å². The minimum absolute atomic E-state index is 0.505. The van der Waals surface area contributed by atoms with Gasteiger partial charge in [0, 0.05) is 28.4 Å². The molecule has 26 heavy (non-hydrogen) atoms. The third kappa shape index (κ3) is 3.99. The van der Waals surface area contributed by atoms with Gasteiger partial charge in [0.1, 0.15) is 11.5 Å². The summed E-state index contributed by atoms with van der Waals surface area (Å²) in [4.78, 5) is 0. The summed E-state index contributed by atoms with van der Waals surface area (Å²) in [5.41, 5.74) is 2.19. The zero-order chi connectivity index (χ0) is 19.2. The van der Waals surface area contributed by atoms with Gasteiger partial charge in [-0.25, -0.2) is 0 Å². The Balaban J connectivity index is 2.42. The summed E-state index contributed by atoms with van der Waals surface area (Å²) in [7, 11) is 5.68. The van der Waals surface area contributed by atoms with Crippen molar-refractivity contribution in [1.82, 2.24) is 0 Å². The maximum absolute atomic E-state index is 5.98. The van der Waals surface area contributed by atoms with E-state index < -0.39 is 11.9 Å². The molecule has 2 aromatic carbocycles. The van der Waals surface area contributed by atoms with Gasteiger partial charge in [-0.1, -0.05) is 35.4 Å². The number of ether oxygens (including phenoxy) is 6. The van der Waals surface area contributed by atoms with Crippen LogP contribution in [0.5, 0.6) is 11.5 Å². The van der Waals surface area contributed by atoms with Crippen LogP contribution in [-0.4, -0.2) is 40.4 Å². The van der Waals surface area contributed by atoms with Gasteiger partial charge in [0.05, 0.1) is 0 Å². The van der Waals surface area contributed by atoms with Crippen LogP contribution < -0.4 is 9.47 Å². The zero-order valence-electron chi connectivity index (χ0n) is 16.1. The maximum atomic E-state index is 5.98. The molecule has 2 aromatic rings. The van der Waals surface area contributed by atoms with E-state index in [0.717, 1.165) is 11.1 Å². The van der Waals surface area contributed by atoms with Crippen molar-refractivity contribution in [3.05, 3.63) is 59.7 Å². The average Bonchev–Trinajstić information content (AvgIpc) is 2.67. The molecule has 0 atom stereocenters. The van der Waals surface area contributed by atoms with Crippen molar-refractivity contribution in [2.24, 2.45) is 0 Å². The van der Waals surface area contributed by atoms with Crippen molar-refractivity contribution in [2.45, 2.75) is 25.8 Å². The fraction of sp³-hybridized carbons (Fsp3) is 0.400. The molecular formula is C20H26O6. The Morgan fingerprint density at radius 2 is 0.769 bits per heavy atom. The molecule has 6 heteroatoms. The van der Waals surface area contributed by atoms with E-state index >= 15 is 0 Å². The fourth-order valence-electron chi connectivity index (χ4n) is 2.48. The lowest BCUT2D eigenvalue weighted by Crippen LogP contribution is -2.66. The minimum Gasteiger partial charge on any atom is -0.432 e. The Bertz CT molecular complexity index is 611. The Morgan fingerprint density at radius 1 is 0.500 bits per heavy atom. The third-order valence-corrected chi connectivity index (χ3v) is 4.00. The molecule has 0 N–H and O–H groups in total. The van der Waals surface area contributed by atoms with Gasteiger partial charge in [-0.2, -0.15) is 0 Å². The number of hydrogen-bond donors (Lipinski definition) is 0. The molecule has 6 nitrogen and oxygen atoms in total. The molecule has 0 bridgehead atoms. The first kappa shape index (κ1) is 20.2. The first-order valence-corrected chi connectivity index (χ1v) is 8.16. The zero-order valence-corrected chi connectivity index (χ0v) is 16.1. The second-order valence-electron chi connectivity index (χ2n) is 5.76. The number of aryl methyl sites for hydroxylation is 2. The molecular weight excluding hydrogens is 336 g/mol. The van der Waals surface area contributed by atoms with Crippen molar-refractivity contribution in [3.8, 4) is 11.5 Å². The van der Waals surface area contributed by atoms with Gasteiger partial charge < -0.3 is 28.4 Å². The Labute approximate surface area is 154 Å². The molecule has 0 fully saturated rings. The van der Waals surface area contributed by atoms with E-state index in [4.69, 9.17) is 28.4 Å². The van der Waals surface area contributed by atoms with Crippen LogP contribution in [0.2, 0.25) is 0 Å². The smallest absolute Gasteiger partial charge is 0.427 e. The molecule has 0 amide bonds. The van der Waals surface area contributed by atoms with Crippen LogP contribution >= 0.6 is 0 Å². The highest BCUT2D eigenvalue weighted by atomic mass is 17.0. The first-order valence-electron chi connectivity index (χ1n) is 8.16. The highest BCUT2D eigenvalue weighted by Gasteiger charge is 2.62. The summed E-state index contributed by atoms with van der Waals surface area (Å²) < 4.78 is 34.1. The van der Waals surface area contributed by atoms with Gasteiger partial charge in [0.15, 0.2) is 0 Å². The molecule has 0 saturated carbocycles. The molecule has 0 heterocycles. The second kappa shape index (κ2) is 8.51. The Hall–Kier alpha value is -2.12. The highest BCUT2D eigenvalue weighted by molar-refractivity contribution is 5.28. The van der Waals surface area contributed by atoms with Crippen molar-refractivity contribution in [3.63, 3.8) is 0 Å². The maximum Gasteiger partial charge on any atom is 0.427 e. The van der Waals surface area contributed by atoms with E-state index in [1.54, 1.807) is 24.3 Å².